The van der Waals surface area contributed by atoms with Crippen LogP contribution in [0.1, 0.15) is 16.8 Å². The second-order valence-electron chi connectivity index (χ2n) is 9.12. The topological polar surface area (TPSA) is 53.6 Å². The first-order valence-corrected chi connectivity index (χ1v) is 12.0. The van der Waals surface area contributed by atoms with Crippen LogP contribution >= 0.6 is 0 Å². The third-order valence-electron chi connectivity index (χ3n) is 6.69. The molecule has 0 aliphatic carbocycles. The second-order valence-corrected chi connectivity index (χ2v) is 9.12. The van der Waals surface area contributed by atoms with E-state index in [1.807, 2.05) is 30.4 Å². The van der Waals surface area contributed by atoms with Crippen LogP contribution in [0.5, 0.6) is 11.5 Å². The van der Waals surface area contributed by atoms with Gasteiger partial charge in [0.15, 0.2) is 0 Å². The van der Waals surface area contributed by atoms with Gasteiger partial charge in [-0.3, -0.25) is 10.00 Å². The van der Waals surface area contributed by atoms with Crippen LogP contribution in [0.15, 0.2) is 60.7 Å². The summed E-state index contributed by atoms with van der Waals surface area (Å²) in [5.41, 5.74) is 6.67. The highest BCUT2D eigenvalue weighted by atomic mass is 16.5. The molecule has 0 saturated carbocycles. The Bertz CT molecular complexity index is 1300. The van der Waals surface area contributed by atoms with Crippen molar-refractivity contribution in [1.29, 1.82) is 0 Å². The number of nitrogens with one attached hydrogen (secondary N) is 1. The summed E-state index contributed by atoms with van der Waals surface area (Å²) >= 11 is 0. The van der Waals surface area contributed by atoms with Gasteiger partial charge in [-0.05, 0) is 59.6 Å². The third kappa shape index (κ3) is 5.39. The number of benzene rings is 3. The van der Waals surface area contributed by atoms with E-state index >= 15 is 0 Å². The van der Waals surface area contributed by atoms with Gasteiger partial charge in [0.2, 0.25) is 0 Å². The predicted octanol–water partition coefficient (Wildman–Crippen LogP) is 5.16. The van der Waals surface area contributed by atoms with E-state index in [1.165, 1.54) is 16.7 Å². The van der Waals surface area contributed by atoms with Crippen LogP contribution in [0.25, 0.3) is 34.2 Å². The second kappa shape index (κ2) is 10.3. The van der Waals surface area contributed by atoms with Gasteiger partial charge >= 0.3 is 0 Å². The van der Waals surface area contributed by atoms with Crippen LogP contribution in [0.4, 0.5) is 0 Å². The van der Waals surface area contributed by atoms with Gasteiger partial charge in [-0.1, -0.05) is 36.4 Å². The Labute approximate surface area is 206 Å². The third-order valence-corrected chi connectivity index (χ3v) is 6.69. The SMILES string of the molecule is COc1cc(/C=C/c2n[nH]c3cc(-c4ccc(CN5CCN(C)CC5)cc4)ccc23)cc(OC)c1. The zero-order valence-electron chi connectivity index (χ0n) is 20.6. The van der Waals surface area contributed by atoms with Crippen LogP contribution in [-0.4, -0.2) is 67.4 Å². The first kappa shape index (κ1) is 23.1. The molecule has 1 aliphatic rings. The van der Waals surface area contributed by atoms with Crippen molar-refractivity contribution in [3.05, 3.63) is 77.5 Å². The lowest BCUT2D eigenvalue weighted by Crippen LogP contribution is -2.43. The quantitative estimate of drug-likeness (QED) is 0.406. The summed E-state index contributed by atoms with van der Waals surface area (Å²) in [6.45, 7) is 5.58. The molecule has 0 amide bonds. The van der Waals surface area contributed by atoms with Gasteiger partial charge in [-0.2, -0.15) is 5.10 Å². The molecule has 1 aromatic heterocycles. The fourth-order valence-corrected chi connectivity index (χ4v) is 4.52. The average molecular weight is 469 g/mol. The van der Waals surface area contributed by atoms with Crippen molar-refractivity contribution in [2.75, 3.05) is 47.4 Å². The van der Waals surface area contributed by atoms with E-state index in [-0.39, 0.29) is 0 Å². The van der Waals surface area contributed by atoms with Gasteiger partial charge in [0.1, 0.15) is 11.5 Å². The molecule has 0 bridgehead atoms. The minimum Gasteiger partial charge on any atom is -0.497 e. The lowest BCUT2D eigenvalue weighted by molar-refractivity contribution is 0.148. The number of H-pyrrole nitrogens is 1. The van der Waals surface area contributed by atoms with Crippen LogP contribution in [0.3, 0.4) is 0 Å². The largest absolute Gasteiger partial charge is 0.497 e. The standard InChI is InChI=1S/C29H32N4O2/c1-32-12-14-33(15-13-32)20-21-4-7-23(8-5-21)24-9-10-27-28(30-31-29(27)18-24)11-6-22-16-25(34-2)19-26(17-22)35-3/h4-11,16-19H,12-15,20H2,1-3H3,(H,30,31)/b11-6+. The molecule has 1 fully saturated rings. The van der Waals surface area contributed by atoms with Gasteiger partial charge in [-0.15, -0.1) is 0 Å². The Balaban J connectivity index is 1.31. The van der Waals surface area contributed by atoms with Crippen LogP contribution in [0.2, 0.25) is 0 Å². The number of aromatic nitrogens is 2. The highest BCUT2D eigenvalue weighted by Gasteiger charge is 2.14. The molecule has 1 N–H and O–H groups in total. The highest BCUT2D eigenvalue weighted by molar-refractivity contribution is 5.92. The number of hydrogen-bond acceptors (Lipinski definition) is 5. The zero-order chi connectivity index (χ0) is 24.2. The van der Waals surface area contributed by atoms with Gasteiger partial charge < -0.3 is 14.4 Å². The molecule has 6 nitrogen and oxygen atoms in total. The number of aromatic amines is 1. The molecule has 0 atom stereocenters. The molecule has 0 spiro atoms. The number of hydrogen-bond donors (Lipinski definition) is 1. The molecule has 180 valence electrons. The monoisotopic (exact) mass is 468 g/mol. The summed E-state index contributed by atoms with van der Waals surface area (Å²) in [6, 6.07) is 21.2. The number of rotatable bonds is 7. The summed E-state index contributed by atoms with van der Waals surface area (Å²) in [7, 11) is 5.50. The Morgan fingerprint density at radius 3 is 2.20 bits per heavy atom. The maximum absolute atomic E-state index is 5.37. The molecule has 0 radical (unpaired) electrons. The van der Waals surface area contributed by atoms with Crippen molar-refractivity contribution in [1.82, 2.24) is 20.0 Å². The lowest BCUT2D eigenvalue weighted by Gasteiger charge is -2.32. The number of fused-ring (bicyclic) bond motifs is 1. The predicted molar refractivity (Wildman–Crippen MR) is 143 cm³/mol. The smallest absolute Gasteiger partial charge is 0.123 e. The Morgan fingerprint density at radius 2 is 1.51 bits per heavy atom. The van der Waals surface area contributed by atoms with E-state index in [9.17, 15) is 0 Å². The van der Waals surface area contributed by atoms with Gasteiger partial charge in [0.05, 0.1) is 25.4 Å². The van der Waals surface area contributed by atoms with E-state index in [0.717, 1.165) is 66.4 Å². The van der Waals surface area contributed by atoms with E-state index in [1.54, 1.807) is 14.2 Å². The van der Waals surface area contributed by atoms with Crippen molar-refractivity contribution in [3.63, 3.8) is 0 Å². The first-order valence-electron chi connectivity index (χ1n) is 12.0. The minimum atomic E-state index is 0.759. The molecule has 6 heteroatoms. The van der Waals surface area contributed by atoms with E-state index in [4.69, 9.17) is 9.47 Å². The molecular weight excluding hydrogens is 436 g/mol. The number of nitrogens with zero attached hydrogens (tertiary/aromatic N) is 3. The first-order chi connectivity index (χ1) is 17.1. The minimum absolute atomic E-state index is 0.759. The van der Waals surface area contributed by atoms with Crippen LogP contribution < -0.4 is 9.47 Å². The van der Waals surface area contributed by atoms with Gasteiger partial charge in [0, 0.05) is 44.2 Å². The molecule has 2 heterocycles. The van der Waals surface area contributed by atoms with E-state index in [0.29, 0.717) is 0 Å². The maximum Gasteiger partial charge on any atom is 0.123 e. The molecule has 35 heavy (non-hydrogen) atoms. The fourth-order valence-electron chi connectivity index (χ4n) is 4.52. The fraction of sp³-hybridized carbons (Fsp3) is 0.276. The van der Waals surface area contributed by atoms with Crippen molar-refractivity contribution in [2.45, 2.75) is 6.54 Å². The van der Waals surface area contributed by atoms with Gasteiger partial charge in [0.25, 0.3) is 0 Å². The number of piperazine rings is 1. The summed E-state index contributed by atoms with van der Waals surface area (Å²) in [6.07, 6.45) is 4.04. The molecule has 5 rings (SSSR count). The summed E-state index contributed by atoms with van der Waals surface area (Å²) in [5.74, 6) is 1.52. The van der Waals surface area contributed by atoms with Crippen LogP contribution in [0, 0.1) is 0 Å². The van der Waals surface area contributed by atoms with Crippen LogP contribution in [-0.2, 0) is 6.54 Å². The maximum atomic E-state index is 5.37. The number of likely N-dealkylation sites (N-methyl/N-ethyl adjacent to an activating group) is 1. The molecule has 3 aromatic carbocycles. The zero-order valence-corrected chi connectivity index (χ0v) is 20.6. The van der Waals surface area contributed by atoms with Crippen molar-refractivity contribution < 1.29 is 9.47 Å². The summed E-state index contributed by atoms with van der Waals surface area (Å²) < 4.78 is 10.7. The summed E-state index contributed by atoms with van der Waals surface area (Å²) in [5, 5.41) is 8.81. The van der Waals surface area contributed by atoms with E-state index in [2.05, 4.69) is 69.5 Å². The molecule has 0 unspecified atom stereocenters. The lowest BCUT2D eigenvalue weighted by atomic mass is 10.0. The molecule has 1 aliphatic heterocycles. The normalized spacial score (nSPS) is 15.2. The van der Waals surface area contributed by atoms with Crippen molar-refractivity contribution in [3.8, 4) is 22.6 Å². The molecule has 4 aromatic rings. The highest BCUT2D eigenvalue weighted by Crippen LogP contribution is 2.28. The number of methoxy groups -OCH3 is 2. The molecule has 1 saturated heterocycles. The van der Waals surface area contributed by atoms with E-state index < -0.39 is 0 Å². The van der Waals surface area contributed by atoms with Crippen molar-refractivity contribution in [2.24, 2.45) is 0 Å². The number of ether oxygens (including phenoxy) is 2. The molecular formula is C29H32N4O2. The Morgan fingerprint density at radius 1 is 0.829 bits per heavy atom. The average Bonchev–Trinajstić information content (AvgIpc) is 3.31. The van der Waals surface area contributed by atoms with Gasteiger partial charge in [-0.25, -0.2) is 0 Å². The van der Waals surface area contributed by atoms with Crippen molar-refractivity contribution >= 4 is 23.1 Å². The Hall–Kier alpha value is -3.61. The summed E-state index contributed by atoms with van der Waals surface area (Å²) in [4.78, 5) is 4.92. The Kier molecular flexibility index (Phi) is 6.84.